The molecule has 3 heterocycles. The van der Waals surface area contributed by atoms with Gasteiger partial charge in [0.15, 0.2) is 0 Å². The van der Waals surface area contributed by atoms with Crippen LogP contribution in [0.4, 0.5) is 5.82 Å². The zero-order valence-electron chi connectivity index (χ0n) is 20.8. The predicted molar refractivity (Wildman–Crippen MR) is 151 cm³/mol. The highest BCUT2D eigenvalue weighted by Crippen LogP contribution is 2.49. The molecule has 0 spiro atoms. The number of nitrogens with zero attached hydrogens (tertiary/aromatic N) is 3. The lowest BCUT2D eigenvalue weighted by atomic mass is 10.0. The van der Waals surface area contributed by atoms with Crippen molar-refractivity contribution in [2.75, 3.05) is 17.2 Å². The van der Waals surface area contributed by atoms with Gasteiger partial charge in [0.1, 0.15) is 12.4 Å². The van der Waals surface area contributed by atoms with Gasteiger partial charge in [-0.2, -0.15) is 16.4 Å². The number of anilines is 1. The van der Waals surface area contributed by atoms with E-state index in [2.05, 4.69) is 66.3 Å². The molecule has 0 radical (unpaired) electrons. The molecular weight excluding hydrogens is 500 g/mol. The van der Waals surface area contributed by atoms with Crippen molar-refractivity contribution in [3.05, 3.63) is 87.6 Å². The summed E-state index contributed by atoms with van der Waals surface area (Å²) in [5, 5.41) is 12.4. The van der Waals surface area contributed by atoms with Crippen LogP contribution < -0.4 is 10.2 Å². The molecule has 6 nitrogen and oxygen atoms in total. The van der Waals surface area contributed by atoms with Crippen molar-refractivity contribution in [3.8, 4) is 16.9 Å². The molecule has 2 aromatic carbocycles. The molecule has 188 valence electrons. The number of carbonyl (C=O) groups is 2. The van der Waals surface area contributed by atoms with Crippen molar-refractivity contribution < 1.29 is 9.59 Å². The highest BCUT2D eigenvalue weighted by molar-refractivity contribution is 8.00. The molecule has 2 aliphatic rings. The Balaban J connectivity index is 1.61. The van der Waals surface area contributed by atoms with E-state index in [0.717, 1.165) is 52.0 Å². The minimum absolute atomic E-state index is 0.0237. The third kappa shape index (κ3) is 4.71. The number of benzene rings is 2. The lowest BCUT2D eigenvalue weighted by molar-refractivity contribution is -0.123. The molecule has 1 aliphatic carbocycles. The summed E-state index contributed by atoms with van der Waals surface area (Å²) < 4.78 is 1.89. The topological polar surface area (TPSA) is 67.2 Å². The minimum atomic E-state index is -0.129. The van der Waals surface area contributed by atoms with Gasteiger partial charge in [-0.1, -0.05) is 48.0 Å². The fourth-order valence-corrected chi connectivity index (χ4v) is 6.83. The summed E-state index contributed by atoms with van der Waals surface area (Å²) in [6.45, 7) is 4.10. The lowest BCUT2D eigenvalue weighted by Gasteiger charge is -2.23. The second-order valence-electron chi connectivity index (χ2n) is 9.72. The summed E-state index contributed by atoms with van der Waals surface area (Å²) >= 11 is 3.25. The molecule has 2 amide bonds. The molecule has 6 rings (SSSR count). The third-order valence-corrected chi connectivity index (χ3v) is 8.76. The highest BCUT2D eigenvalue weighted by Gasteiger charge is 2.38. The molecule has 1 atom stereocenters. The maximum Gasteiger partial charge on any atom is 0.240 e. The zero-order valence-corrected chi connectivity index (χ0v) is 22.4. The first-order valence-electron chi connectivity index (χ1n) is 12.5. The van der Waals surface area contributed by atoms with Crippen molar-refractivity contribution >= 4 is 40.7 Å². The number of hydrogen-bond acceptors (Lipinski definition) is 5. The van der Waals surface area contributed by atoms with E-state index >= 15 is 0 Å². The smallest absolute Gasteiger partial charge is 0.240 e. The first kappa shape index (κ1) is 24.0. The number of aryl methyl sites for hydroxylation is 2. The van der Waals surface area contributed by atoms with Crippen LogP contribution in [0.3, 0.4) is 0 Å². The van der Waals surface area contributed by atoms with Crippen LogP contribution in [-0.4, -0.2) is 39.9 Å². The van der Waals surface area contributed by atoms with E-state index in [9.17, 15) is 9.59 Å². The first-order valence-corrected chi connectivity index (χ1v) is 14.5. The fraction of sp³-hybridized carbons (Fsp3) is 0.276. The van der Waals surface area contributed by atoms with Gasteiger partial charge in [-0.3, -0.25) is 14.5 Å². The van der Waals surface area contributed by atoms with Gasteiger partial charge in [0.2, 0.25) is 11.8 Å². The molecule has 1 saturated carbocycles. The predicted octanol–water partition coefficient (Wildman–Crippen LogP) is 5.67. The van der Waals surface area contributed by atoms with Crippen LogP contribution in [0.1, 0.15) is 40.3 Å². The summed E-state index contributed by atoms with van der Waals surface area (Å²) in [4.78, 5) is 28.4. The Bertz CT molecular complexity index is 1460. The number of thiophene rings is 1. The number of rotatable bonds is 6. The second-order valence-corrected chi connectivity index (χ2v) is 11.6. The first-order chi connectivity index (χ1) is 18.0. The number of amides is 2. The number of aromatic nitrogens is 2. The molecule has 1 aliphatic heterocycles. The van der Waals surface area contributed by atoms with E-state index in [1.807, 2.05) is 22.9 Å². The van der Waals surface area contributed by atoms with Crippen molar-refractivity contribution in [1.29, 1.82) is 0 Å². The molecule has 0 bridgehead atoms. The summed E-state index contributed by atoms with van der Waals surface area (Å²) in [7, 11) is 0. The van der Waals surface area contributed by atoms with Crippen molar-refractivity contribution in [2.24, 2.45) is 0 Å². The van der Waals surface area contributed by atoms with Gasteiger partial charge >= 0.3 is 0 Å². The number of hydrogen-bond donors (Lipinski definition) is 1. The van der Waals surface area contributed by atoms with Gasteiger partial charge in [0.25, 0.3) is 0 Å². The van der Waals surface area contributed by atoms with E-state index in [1.165, 1.54) is 0 Å². The van der Waals surface area contributed by atoms with Gasteiger partial charge in [0, 0.05) is 17.2 Å². The van der Waals surface area contributed by atoms with Gasteiger partial charge in [0.05, 0.1) is 22.4 Å². The Kier molecular flexibility index (Phi) is 6.38. The maximum atomic E-state index is 13.7. The number of thioether (sulfide) groups is 1. The number of nitrogens with one attached hydrogen (secondary N) is 1. The molecule has 0 unspecified atom stereocenters. The molecule has 1 fully saturated rings. The number of fused-ring (bicyclic) bond motifs is 1. The molecule has 4 aromatic rings. The monoisotopic (exact) mass is 528 g/mol. The van der Waals surface area contributed by atoms with Gasteiger partial charge in [-0.25, -0.2) is 4.68 Å². The van der Waals surface area contributed by atoms with Gasteiger partial charge in [-0.15, -0.1) is 11.8 Å². The molecular formula is C29H28N4O2S2. The number of carbonyl (C=O) groups excluding carboxylic acids is 2. The van der Waals surface area contributed by atoms with Crippen molar-refractivity contribution in [2.45, 2.75) is 38.0 Å². The summed E-state index contributed by atoms with van der Waals surface area (Å²) in [5.41, 5.74) is 7.06. The maximum absolute atomic E-state index is 13.7. The van der Waals surface area contributed by atoms with Crippen LogP contribution in [-0.2, 0) is 9.59 Å². The largest absolute Gasteiger partial charge is 0.352 e. The SMILES string of the molecule is Cc1ccc(-n2nc(-c3ccccc3)c3c2N(CC(=O)NC2CC2)C(=O)CS[C@H]3c2ccsc2)c(C)c1. The Morgan fingerprint density at radius 1 is 1.11 bits per heavy atom. The average molecular weight is 529 g/mol. The summed E-state index contributed by atoms with van der Waals surface area (Å²) in [5.74, 6) is 0.756. The van der Waals surface area contributed by atoms with Crippen LogP contribution in [0, 0.1) is 13.8 Å². The lowest BCUT2D eigenvalue weighted by Crippen LogP contribution is -2.43. The average Bonchev–Trinajstić information content (AvgIpc) is 3.41. The molecule has 8 heteroatoms. The van der Waals surface area contributed by atoms with Crippen LogP contribution >= 0.6 is 23.1 Å². The Morgan fingerprint density at radius 2 is 1.92 bits per heavy atom. The molecule has 0 saturated heterocycles. The van der Waals surface area contributed by atoms with Crippen LogP contribution in [0.2, 0.25) is 0 Å². The molecule has 1 N–H and O–H groups in total. The van der Waals surface area contributed by atoms with E-state index in [1.54, 1.807) is 28.0 Å². The van der Waals surface area contributed by atoms with Crippen LogP contribution in [0.5, 0.6) is 0 Å². The van der Waals surface area contributed by atoms with E-state index in [-0.39, 0.29) is 35.4 Å². The summed E-state index contributed by atoms with van der Waals surface area (Å²) in [6, 6.07) is 18.7. The zero-order chi connectivity index (χ0) is 25.5. The van der Waals surface area contributed by atoms with Crippen molar-refractivity contribution in [3.63, 3.8) is 0 Å². The third-order valence-electron chi connectivity index (χ3n) is 6.81. The summed E-state index contributed by atoms with van der Waals surface area (Å²) in [6.07, 6.45) is 2.00. The Labute approximate surface area is 224 Å². The van der Waals surface area contributed by atoms with Gasteiger partial charge in [-0.05, 0) is 60.7 Å². The normalized spacial score (nSPS) is 17.4. The van der Waals surface area contributed by atoms with Crippen LogP contribution in [0.15, 0.2) is 65.4 Å². The van der Waals surface area contributed by atoms with Gasteiger partial charge < -0.3 is 5.32 Å². The van der Waals surface area contributed by atoms with E-state index in [4.69, 9.17) is 5.10 Å². The van der Waals surface area contributed by atoms with Crippen LogP contribution in [0.25, 0.3) is 16.9 Å². The van der Waals surface area contributed by atoms with E-state index < -0.39 is 0 Å². The molecule has 37 heavy (non-hydrogen) atoms. The standard InChI is InChI=1S/C29H28N4O2S2/c1-18-8-11-23(19(2)14-18)33-29-26(27(31-33)20-6-4-3-5-7-20)28(21-12-13-36-16-21)37-17-25(35)32(29)15-24(34)30-22-9-10-22/h3-8,11-14,16,22,28H,9-10,15,17H2,1-2H3,(H,30,34)/t28-/m0/s1. The van der Waals surface area contributed by atoms with Crippen molar-refractivity contribution in [1.82, 2.24) is 15.1 Å². The minimum Gasteiger partial charge on any atom is -0.352 e. The second kappa shape index (κ2) is 9.84. The quantitative estimate of drug-likeness (QED) is 0.350. The fourth-order valence-electron chi connectivity index (χ4n) is 4.87. The Hall–Kier alpha value is -3.36. The molecule has 2 aromatic heterocycles. The highest BCUT2D eigenvalue weighted by atomic mass is 32.2. The Morgan fingerprint density at radius 3 is 2.62 bits per heavy atom. The van der Waals surface area contributed by atoms with E-state index in [0.29, 0.717) is 5.82 Å².